The summed E-state index contributed by atoms with van der Waals surface area (Å²) in [6, 6.07) is 2.61. The molecule has 0 unspecified atom stereocenters. The number of furan rings is 1. The number of hydrogen-bond acceptors (Lipinski definition) is 6. The molecule has 1 saturated heterocycles. The summed E-state index contributed by atoms with van der Waals surface area (Å²) in [4.78, 5) is 24.4. The molecular formula is C16H23NO5. The van der Waals surface area contributed by atoms with Crippen LogP contribution in [-0.2, 0) is 19.1 Å². The van der Waals surface area contributed by atoms with E-state index in [2.05, 4.69) is 5.32 Å². The normalized spacial score (nSPS) is 25.0. The minimum Gasteiger partial charge on any atom is -0.468 e. The Morgan fingerprint density at radius 2 is 2.09 bits per heavy atom. The minimum atomic E-state index is -0.577. The third kappa shape index (κ3) is 3.88. The molecule has 2 rings (SSSR count). The number of carbonyl (C=O) groups excluding carboxylic acids is 2. The second-order valence-electron chi connectivity index (χ2n) is 6.34. The molecule has 0 radical (unpaired) electrons. The van der Waals surface area contributed by atoms with Gasteiger partial charge in [0.25, 0.3) is 0 Å². The van der Waals surface area contributed by atoms with Gasteiger partial charge in [0, 0.05) is 0 Å². The molecule has 0 saturated carbocycles. The average molecular weight is 309 g/mol. The van der Waals surface area contributed by atoms with Gasteiger partial charge < -0.3 is 13.9 Å². The van der Waals surface area contributed by atoms with Gasteiger partial charge in [0.2, 0.25) is 0 Å². The minimum absolute atomic E-state index is 0.305. The van der Waals surface area contributed by atoms with E-state index in [1.807, 2.05) is 20.8 Å². The molecule has 3 atom stereocenters. The quantitative estimate of drug-likeness (QED) is 0.859. The summed E-state index contributed by atoms with van der Waals surface area (Å²) in [5, 5.41) is 3.13. The van der Waals surface area contributed by atoms with E-state index in [0.717, 1.165) is 0 Å². The Hall–Kier alpha value is -1.82. The van der Waals surface area contributed by atoms with Crippen LogP contribution in [0.5, 0.6) is 0 Å². The molecule has 1 fully saturated rings. The van der Waals surface area contributed by atoms with E-state index in [1.165, 1.54) is 0 Å². The molecule has 122 valence electrons. The van der Waals surface area contributed by atoms with Crippen LogP contribution in [0, 0.1) is 5.92 Å². The smallest absolute Gasteiger partial charge is 0.323 e. The van der Waals surface area contributed by atoms with Crippen LogP contribution >= 0.6 is 0 Å². The monoisotopic (exact) mass is 309 g/mol. The van der Waals surface area contributed by atoms with E-state index in [-0.39, 0.29) is 18.0 Å². The highest BCUT2D eigenvalue weighted by Gasteiger charge is 2.45. The van der Waals surface area contributed by atoms with Crippen LogP contribution in [0.25, 0.3) is 0 Å². The summed E-state index contributed by atoms with van der Waals surface area (Å²) in [5.41, 5.74) is -0.577. The summed E-state index contributed by atoms with van der Waals surface area (Å²) < 4.78 is 15.9. The topological polar surface area (TPSA) is 77.8 Å². The number of rotatable bonds is 4. The van der Waals surface area contributed by atoms with Gasteiger partial charge in [-0.15, -0.1) is 0 Å². The van der Waals surface area contributed by atoms with Crippen molar-refractivity contribution < 1.29 is 23.5 Å². The Kier molecular flexibility index (Phi) is 4.90. The van der Waals surface area contributed by atoms with Gasteiger partial charge in [-0.25, -0.2) is 0 Å². The van der Waals surface area contributed by atoms with Gasteiger partial charge >= 0.3 is 11.9 Å². The Balaban J connectivity index is 2.17. The van der Waals surface area contributed by atoms with E-state index in [9.17, 15) is 9.59 Å². The van der Waals surface area contributed by atoms with Crippen molar-refractivity contribution in [3.8, 4) is 0 Å². The summed E-state index contributed by atoms with van der Waals surface area (Å²) in [5.74, 6) is -0.569. The zero-order valence-corrected chi connectivity index (χ0v) is 13.4. The van der Waals surface area contributed by atoms with Crippen LogP contribution in [0.15, 0.2) is 22.8 Å². The molecule has 0 amide bonds. The average Bonchev–Trinajstić information content (AvgIpc) is 3.06. The lowest BCUT2D eigenvalue weighted by molar-refractivity contribution is -0.160. The number of esters is 2. The first-order valence-electron chi connectivity index (χ1n) is 7.50. The van der Waals surface area contributed by atoms with Gasteiger partial charge in [0.15, 0.2) is 0 Å². The SMILES string of the molecule is CCOC(=O)[C@H]1C[C@@H](C(=O)OC(C)(C)C)[C@@H](c2ccco2)N1. The maximum Gasteiger partial charge on any atom is 0.323 e. The lowest BCUT2D eigenvalue weighted by atomic mass is 9.97. The first-order valence-corrected chi connectivity index (χ1v) is 7.50. The summed E-state index contributed by atoms with van der Waals surface area (Å²) >= 11 is 0. The fourth-order valence-corrected chi connectivity index (χ4v) is 2.56. The third-order valence-electron chi connectivity index (χ3n) is 3.40. The molecule has 1 aliphatic rings. The third-order valence-corrected chi connectivity index (χ3v) is 3.40. The van der Waals surface area contributed by atoms with Crippen LogP contribution in [0.1, 0.15) is 45.9 Å². The largest absolute Gasteiger partial charge is 0.468 e. The van der Waals surface area contributed by atoms with Crippen LogP contribution in [0.4, 0.5) is 0 Å². The lowest BCUT2D eigenvalue weighted by Crippen LogP contribution is -2.34. The van der Waals surface area contributed by atoms with E-state index >= 15 is 0 Å². The van der Waals surface area contributed by atoms with Gasteiger partial charge in [-0.1, -0.05) is 0 Å². The molecule has 1 aliphatic heterocycles. The summed E-state index contributed by atoms with van der Waals surface area (Å²) in [7, 11) is 0. The maximum absolute atomic E-state index is 12.4. The number of hydrogen-bond donors (Lipinski definition) is 1. The maximum atomic E-state index is 12.4. The molecule has 0 aromatic carbocycles. The standard InChI is InChI=1S/C16H23NO5/c1-5-20-15(19)11-9-10(14(18)22-16(2,3)4)13(17-11)12-7-6-8-21-12/h6-8,10-11,13,17H,5,9H2,1-4H3/t10-,11-,13+/m1/s1. The molecule has 22 heavy (non-hydrogen) atoms. The molecule has 6 heteroatoms. The highest BCUT2D eigenvalue weighted by atomic mass is 16.6. The molecule has 0 spiro atoms. The van der Waals surface area contributed by atoms with E-state index in [1.54, 1.807) is 25.3 Å². The van der Waals surface area contributed by atoms with Crippen molar-refractivity contribution >= 4 is 11.9 Å². The highest BCUT2D eigenvalue weighted by molar-refractivity contribution is 5.80. The van der Waals surface area contributed by atoms with Gasteiger partial charge in [-0.2, -0.15) is 0 Å². The van der Waals surface area contributed by atoms with Crippen molar-refractivity contribution in [2.45, 2.75) is 51.8 Å². The Morgan fingerprint density at radius 1 is 1.36 bits per heavy atom. The summed E-state index contributed by atoms with van der Waals surface area (Å²) in [6.45, 7) is 7.51. The predicted molar refractivity (Wildman–Crippen MR) is 79.0 cm³/mol. The molecule has 6 nitrogen and oxygen atoms in total. The number of ether oxygens (including phenoxy) is 2. The van der Waals surface area contributed by atoms with Gasteiger partial charge in [0.05, 0.1) is 24.8 Å². The second kappa shape index (κ2) is 6.52. The number of nitrogens with one attached hydrogen (secondary N) is 1. The van der Waals surface area contributed by atoms with Crippen molar-refractivity contribution in [1.29, 1.82) is 0 Å². The first-order chi connectivity index (χ1) is 10.3. The zero-order chi connectivity index (χ0) is 16.3. The van der Waals surface area contributed by atoms with Crippen LogP contribution in [0.2, 0.25) is 0 Å². The fourth-order valence-electron chi connectivity index (χ4n) is 2.56. The van der Waals surface area contributed by atoms with Gasteiger partial charge in [-0.3, -0.25) is 14.9 Å². The van der Waals surface area contributed by atoms with Gasteiger partial charge in [0.1, 0.15) is 17.4 Å². The fraction of sp³-hybridized carbons (Fsp3) is 0.625. The van der Waals surface area contributed by atoms with Crippen LogP contribution < -0.4 is 5.32 Å². The van der Waals surface area contributed by atoms with Gasteiger partial charge in [-0.05, 0) is 46.2 Å². The van der Waals surface area contributed by atoms with Crippen molar-refractivity contribution in [2.75, 3.05) is 6.61 Å². The summed E-state index contributed by atoms with van der Waals surface area (Å²) in [6.07, 6.45) is 1.87. The van der Waals surface area contributed by atoms with Crippen molar-refractivity contribution in [1.82, 2.24) is 5.32 Å². The molecule has 1 N–H and O–H groups in total. The van der Waals surface area contributed by atoms with E-state index < -0.39 is 17.6 Å². The number of carbonyl (C=O) groups is 2. The van der Waals surface area contributed by atoms with E-state index in [0.29, 0.717) is 18.8 Å². The lowest BCUT2D eigenvalue weighted by Gasteiger charge is -2.24. The molecule has 1 aromatic heterocycles. The Morgan fingerprint density at radius 3 is 2.64 bits per heavy atom. The van der Waals surface area contributed by atoms with Crippen LogP contribution in [-0.4, -0.2) is 30.2 Å². The molecule has 0 bridgehead atoms. The molecule has 1 aromatic rings. The van der Waals surface area contributed by atoms with Crippen molar-refractivity contribution in [3.63, 3.8) is 0 Å². The second-order valence-corrected chi connectivity index (χ2v) is 6.34. The Bertz CT molecular complexity index is 517. The molecular weight excluding hydrogens is 286 g/mol. The first kappa shape index (κ1) is 16.5. The van der Waals surface area contributed by atoms with Crippen molar-refractivity contribution in [2.24, 2.45) is 5.92 Å². The molecule has 2 heterocycles. The Labute approximate surface area is 130 Å². The van der Waals surface area contributed by atoms with Crippen LogP contribution in [0.3, 0.4) is 0 Å². The van der Waals surface area contributed by atoms with E-state index in [4.69, 9.17) is 13.9 Å². The highest BCUT2D eigenvalue weighted by Crippen LogP contribution is 2.35. The van der Waals surface area contributed by atoms with Crippen molar-refractivity contribution in [3.05, 3.63) is 24.2 Å². The molecule has 0 aliphatic carbocycles. The zero-order valence-electron chi connectivity index (χ0n) is 13.4. The predicted octanol–water partition coefficient (Wildman–Crippen LogP) is 2.20.